The molecule has 2 heterocycles. The lowest BCUT2D eigenvalue weighted by Crippen LogP contribution is -2.33. The maximum absolute atomic E-state index is 12.0. The zero-order valence-corrected chi connectivity index (χ0v) is 15.6. The Bertz CT molecular complexity index is 716. The van der Waals surface area contributed by atoms with Crippen molar-refractivity contribution in [3.05, 3.63) is 40.9 Å². The maximum Gasteiger partial charge on any atom is 0.264 e. The number of ether oxygens (including phenoxy) is 1. The van der Waals surface area contributed by atoms with E-state index in [1.165, 1.54) is 24.2 Å². The van der Waals surface area contributed by atoms with Crippen LogP contribution in [0.4, 0.5) is 5.13 Å². The third kappa shape index (κ3) is 5.54. The molecule has 0 saturated carbocycles. The minimum Gasteiger partial charge on any atom is -0.484 e. The van der Waals surface area contributed by atoms with Gasteiger partial charge in [0.25, 0.3) is 5.91 Å². The maximum atomic E-state index is 12.0. The molecule has 0 spiro atoms. The van der Waals surface area contributed by atoms with Gasteiger partial charge in [0.2, 0.25) is 0 Å². The number of carbonyl (C=O) groups excluding carboxylic acids is 1. The van der Waals surface area contributed by atoms with Crippen molar-refractivity contribution in [3.8, 4) is 5.75 Å². The fourth-order valence-electron chi connectivity index (χ4n) is 3.11. The molecule has 25 heavy (non-hydrogen) atoms. The van der Waals surface area contributed by atoms with Gasteiger partial charge in [-0.25, -0.2) is 4.98 Å². The van der Waals surface area contributed by atoms with Crippen LogP contribution in [0.1, 0.15) is 31.0 Å². The number of nitrogens with zero attached hydrogens (tertiary/aromatic N) is 2. The standard InChI is InChI=1S/C19H25N3O2S/c1-14-5-3-7-17(9-14)24-12-18(23)21-19-20-16(13-25-19)11-22-8-4-6-15(2)10-22/h3,5,7,9,13,15H,4,6,8,10-12H2,1-2H3,(H,20,21,23). The van der Waals surface area contributed by atoms with Gasteiger partial charge in [-0.1, -0.05) is 19.1 Å². The van der Waals surface area contributed by atoms with Crippen molar-refractivity contribution >= 4 is 22.4 Å². The molecule has 0 bridgehead atoms. The SMILES string of the molecule is Cc1cccc(OCC(=O)Nc2nc(CN3CCCC(C)C3)cs2)c1. The molecule has 2 aromatic rings. The van der Waals surface area contributed by atoms with Gasteiger partial charge in [0.05, 0.1) is 5.69 Å². The first kappa shape index (κ1) is 17.9. The van der Waals surface area contributed by atoms with Gasteiger partial charge in [-0.15, -0.1) is 11.3 Å². The van der Waals surface area contributed by atoms with Crippen molar-refractivity contribution in [2.45, 2.75) is 33.2 Å². The van der Waals surface area contributed by atoms with E-state index in [4.69, 9.17) is 4.74 Å². The van der Waals surface area contributed by atoms with Crippen molar-refractivity contribution in [1.82, 2.24) is 9.88 Å². The topological polar surface area (TPSA) is 54.5 Å². The quantitative estimate of drug-likeness (QED) is 0.854. The summed E-state index contributed by atoms with van der Waals surface area (Å²) in [5, 5.41) is 5.48. The highest BCUT2D eigenvalue weighted by molar-refractivity contribution is 7.13. The Balaban J connectivity index is 1.46. The molecule has 0 aliphatic carbocycles. The molecule has 1 aliphatic rings. The van der Waals surface area contributed by atoms with E-state index in [0.717, 1.165) is 36.8 Å². The fourth-order valence-corrected chi connectivity index (χ4v) is 3.82. The van der Waals surface area contributed by atoms with Gasteiger partial charge in [0, 0.05) is 18.5 Å². The van der Waals surface area contributed by atoms with Crippen molar-refractivity contribution < 1.29 is 9.53 Å². The molecule has 1 saturated heterocycles. The normalized spacial score (nSPS) is 18.1. The molecular weight excluding hydrogens is 334 g/mol. The molecule has 134 valence electrons. The second kappa shape index (κ2) is 8.45. The summed E-state index contributed by atoms with van der Waals surface area (Å²) >= 11 is 1.47. The summed E-state index contributed by atoms with van der Waals surface area (Å²) in [5.41, 5.74) is 2.13. The van der Waals surface area contributed by atoms with Gasteiger partial charge in [-0.05, 0) is 49.9 Å². The first-order valence-electron chi connectivity index (χ1n) is 8.74. The minimum absolute atomic E-state index is 0.0119. The molecule has 1 amide bonds. The zero-order valence-electron chi connectivity index (χ0n) is 14.8. The number of carbonyl (C=O) groups is 1. The van der Waals surface area contributed by atoms with Gasteiger partial charge < -0.3 is 4.74 Å². The highest BCUT2D eigenvalue weighted by Crippen LogP contribution is 2.21. The lowest BCUT2D eigenvalue weighted by molar-refractivity contribution is -0.118. The van der Waals surface area contributed by atoms with Crippen molar-refractivity contribution in [2.24, 2.45) is 5.92 Å². The van der Waals surface area contributed by atoms with Crippen LogP contribution >= 0.6 is 11.3 Å². The molecular formula is C19H25N3O2S. The number of thiazole rings is 1. The van der Waals surface area contributed by atoms with Crippen LogP contribution in [-0.2, 0) is 11.3 Å². The van der Waals surface area contributed by atoms with Crippen LogP contribution in [-0.4, -0.2) is 35.5 Å². The lowest BCUT2D eigenvalue weighted by atomic mass is 10.0. The van der Waals surface area contributed by atoms with Crippen LogP contribution in [0.5, 0.6) is 5.75 Å². The van der Waals surface area contributed by atoms with Crippen molar-refractivity contribution in [1.29, 1.82) is 0 Å². The molecule has 1 N–H and O–H groups in total. The summed E-state index contributed by atoms with van der Waals surface area (Å²) in [6, 6.07) is 7.67. The highest BCUT2D eigenvalue weighted by Gasteiger charge is 2.17. The smallest absolute Gasteiger partial charge is 0.264 e. The summed E-state index contributed by atoms with van der Waals surface area (Å²) in [4.78, 5) is 19.0. The first-order valence-corrected chi connectivity index (χ1v) is 9.62. The van der Waals surface area contributed by atoms with Crippen molar-refractivity contribution in [2.75, 3.05) is 25.0 Å². The molecule has 1 aliphatic heterocycles. The number of aryl methyl sites for hydroxylation is 1. The number of likely N-dealkylation sites (tertiary alicyclic amines) is 1. The van der Waals surface area contributed by atoms with Gasteiger partial charge in [0.15, 0.2) is 11.7 Å². The van der Waals surface area contributed by atoms with Crippen LogP contribution < -0.4 is 10.1 Å². The number of benzene rings is 1. The Morgan fingerprint density at radius 3 is 3.16 bits per heavy atom. The summed E-state index contributed by atoms with van der Waals surface area (Å²) in [6.07, 6.45) is 2.57. The Morgan fingerprint density at radius 2 is 2.36 bits per heavy atom. The minimum atomic E-state index is -0.186. The van der Waals surface area contributed by atoms with E-state index in [1.54, 1.807) is 0 Å². The Hall–Kier alpha value is -1.92. The third-order valence-corrected chi connectivity index (χ3v) is 5.09. The molecule has 0 radical (unpaired) electrons. The lowest BCUT2D eigenvalue weighted by Gasteiger charge is -2.30. The van der Waals surface area contributed by atoms with E-state index in [9.17, 15) is 4.79 Å². The molecule has 1 aromatic heterocycles. The van der Waals surface area contributed by atoms with Gasteiger partial charge >= 0.3 is 0 Å². The van der Waals surface area contributed by atoms with Gasteiger partial charge in [-0.2, -0.15) is 0 Å². The number of aromatic nitrogens is 1. The number of rotatable bonds is 6. The highest BCUT2D eigenvalue weighted by atomic mass is 32.1. The number of hydrogen-bond donors (Lipinski definition) is 1. The van der Waals surface area contributed by atoms with Gasteiger partial charge in [-0.3, -0.25) is 15.0 Å². The fraction of sp³-hybridized carbons (Fsp3) is 0.474. The summed E-state index contributed by atoms with van der Waals surface area (Å²) in [5.74, 6) is 1.27. The second-order valence-electron chi connectivity index (χ2n) is 6.78. The van der Waals surface area contributed by atoms with Crippen molar-refractivity contribution in [3.63, 3.8) is 0 Å². The number of anilines is 1. The predicted molar refractivity (Wildman–Crippen MR) is 101 cm³/mol. The molecule has 1 aromatic carbocycles. The molecule has 6 heteroatoms. The average molecular weight is 359 g/mol. The number of hydrogen-bond acceptors (Lipinski definition) is 5. The molecule has 3 rings (SSSR count). The number of amides is 1. The van der Waals surface area contributed by atoms with E-state index < -0.39 is 0 Å². The monoisotopic (exact) mass is 359 g/mol. The van der Waals surface area contributed by atoms with E-state index in [-0.39, 0.29) is 12.5 Å². The Kier molecular flexibility index (Phi) is 6.04. The first-order chi connectivity index (χ1) is 12.1. The van der Waals surface area contributed by atoms with Crippen LogP contribution in [0.15, 0.2) is 29.6 Å². The van der Waals surface area contributed by atoms with E-state index >= 15 is 0 Å². The molecule has 5 nitrogen and oxygen atoms in total. The number of piperidine rings is 1. The van der Waals surface area contributed by atoms with Crippen LogP contribution in [0.25, 0.3) is 0 Å². The molecule has 1 unspecified atom stereocenters. The molecule has 1 atom stereocenters. The zero-order chi connectivity index (χ0) is 17.6. The second-order valence-corrected chi connectivity index (χ2v) is 7.64. The summed E-state index contributed by atoms with van der Waals surface area (Å²) < 4.78 is 5.52. The van der Waals surface area contributed by atoms with E-state index in [2.05, 4.69) is 22.1 Å². The summed E-state index contributed by atoms with van der Waals surface area (Å²) in [6.45, 7) is 7.40. The Morgan fingerprint density at radius 1 is 1.48 bits per heavy atom. The largest absolute Gasteiger partial charge is 0.484 e. The summed E-state index contributed by atoms with van der Waals surface area (Å²) in [7, 11) is 0. The van der Waals surface area contributed by atoms with E-state index in [0.29, 0.717) is 10.9 Å². The number of nitrogens with one attached hydrogen (secondary N) is 1. The molecule has 1 fully saturated rings. The van der Waals surface area contributed by atoms with Crippen LogP contribution in [0, 0.1) is 12.8 Å². The van der Waals surface area contributed by atoms with E-state index in [1.807, 2.05) is 36.6 Å². The van der Waals surface area contributed by atoms with Gasteiger partial charge in [0.1, 0.15) is 5.75 Å². The predicted octanol–water partition coefficient (Wildman–Crippen LogP) is 3.70. The van der Waals surface area contributed by atoms with Crippen LogP contribution in [0.2, 0.25) is 0 Å². The average Bonchev–Trinajstić information content (AvgIpc) is 3.00. The Labute approximate surface area is 153 Å². The third-order valence-electron chi connectivity index (χ3n) is 4.28. The van der Waals surface area contributed by atoms with Crippen LogP contribution in [0.3, 0.4) is 0 Å².